The molecule has 2 saturated heterocycles. The first-order chi connectivity index (χ1) is 27.9. The van der Waals surface area contributed by atoms with Gasteiger partial charge in [-0.3, -0.25) is 9.59 Å². The van der Waals surface area contributed by atoms with Gasteiger partial charge in [-0.05, 0) is 72.2 Å². The minimum absolute atomic E-state index is 0.140. The summed E-state index contributed by atoms with van der Waals surface area (Å²) in [5.41, 5.74) is 9.53. The number of ether oxygens (including phenoxy) is 2. The number of benzene rings is 2. The summed E-state index contributed by atoms with van der Waals surface area (Å²) in [6.07, 6.45) is 21.3. The highest BCUT2D eigenvalue weighted by Gasteiger charge is 2.13. The Bertz CT molecular complexity index is 1790. The van der Waals surface area contributed by atoms with Gasteiger partial charge in [0.1, 0.15) is 12.3 Å². The zero-order valence-corrected chi connectivity index (χ0v) is 35.8. The fraction of sp³-hybridized carbons (Fsp3) is 0.404. The maximum absolute atomic E-state index is 11.6. The molecule has 2 aromatic carbocycles. The second-order valence-corrected chi connectivity index (χ2v) is 16.8. The number of carbonyl (C=O) groups excluding carboxylic acids is 2. The van der Waals surface area contributed by atoms with E-state index in [0.29, 0.717) is 25.4 Å². The summed E-state index contributed by atoms with van der Waals surface area (Å²) in [6, 6.07) is 21.8. The molecule has 0 unspecified atom stereocenters. The molecule has 5 rings (SSSR count). The van der Waals surface area contributed by atoms with Gasteiger partial charge in [-0.1, -0.05) is 89.7 Å². The van der Waals surface area contributed by atoms with E-state index in [1.54, 1.807) is 21.6 Å². The van der Waals surface area contributed by atoms with Crippen LogP contribution in [0.5, 0.6) is 0 Å². The lowest BCUT2D eigenvalue weighted by Gasteiger charge is -2.17. The Morgan fingerprint density at radius 1 is 0.842 bits per heavy atom. The molecule has 1 N–H and O–H groups in total. The minimum Gasteiger partial charge on any atom is -0.468 e. The summed E-state index contributed by atoms with van der Waals surface area (Å²) < 4.78 is 12.1. The van der Waals surface area contributed by atoms with E-state index < -0.39 is 0 Å². The predicted molar refractivity (Wildman–Crippen MR) is 243 cm³/mol. The highest BCUT2D eigenvalue weighted by molar-refractivity contribution is 8.76. The number of aromatic nitrogens is 1. The number of pyridine rings is 1. The summed E-state index contributed by atoms with van der Waals surface area (Å²) in [5, 5.41) is 0. The van der Waals surface area contributed by atoms with Crippen LogP contribution in [0, 0.1) is 6.92 Å². The van der Waals surface area contributed by atoms with Crippen LogP contribution in [0.1, 0.15) is 74.8 Å². The van der Waals surface area contributed by atoms with Gasteiger partial charge in [0.25, 0.3) is 6.47 Å². The SMILES string of the molecule is C=CC(/C=C/c1ccc(N2CCCC2)cc1)=C\C(C)=[NH+]CCCOC(=O)CSSCC.Cc1cc(/C=C/c2ccc(N3CCCC3)cc2)cc[n+]1CCCOC=O. The van der Waals surface area contributed by atoms with E-state index in [2.05, 4.69) is 137 Å². The molecule has 304 valence electrons. The van der Waals surface area contributed by atoms with E-state index in [9.17, 15) is 9.59 Å². The van der Waals surface area contributed by atoms with Crippen LogP contribution in [0.2, 0.25) is 0 Å². The van der Waals surface area contributed by atoms with Gasteiger partial charge in [-0.2, -0.15) is 0 Å². The van der Waals surface area contributed by atoms with Crippen LogP contribution >= 0.6 is 21.6 Å². The van der Waals surface area contributed by atoms with Gasteiger partial charge < -0.3 is 19.3 Å². The van der Waals surface area contributed by atoms with Crippen LogP contribution in [0.25, 0.3) is 18.2 Å². The van der Waals surface area contributed by atoms with E-state index in [-0.39, 0.29) is 5.97 Å². The van der Waals surface area contributed by atoms with Crippen LogP contribution in [0.4, 0.5) is 11.4 Å². The second kappa shape index (κ2) is 26.4. The predicted octanol–water partition coefficient (Wildman–Crippen LogP) is 7.90. The number of nitrogens with zero attached hydrogens (tertiary/aromatic N) is 3. The third-order valence-corrected chi connectivity index (χ3v) is 12.0. The van der Waals surface area contributed by atoms with Crippen LogP contribution in [0.15, 0.2) is 97.2 Å². The van der Waals surface area contributed by atoms with Gasteiger partial charge >= 0.3 is 5.97 Å². The van der Waals surface area contributed by atoms with Crippen molar-refractivity contribution in [3.05, 3.63) is 120 Å². The van der Waals surface area contributed by atoms with E-state index in [1.165, 1.54) is 85.6 Å². The second-order valence-electron chi connectivity index (χ2n) is 14.1. The summed E-state index contributed by atoms with van der Waals surface area (Å²) >= 11 is 0. The van der Waals surface area contributed by atoms with Gasteiger partial charge in [-0.25, -0.2) is 9.56 Å². The molecule has 0 aliphatic carbocycles. The largest absolute Gasteiger partial charge is 0.468 e. The molecule has 1 aromatic heterocycles. The number of esters is 1. The maximum Gasteiger partial charge on any atom is 0.316 e. The standard InChI is InChI=1S/C25H34N2O2S2.C22H27N2O2/c1-4-22(9-10-23-11-13-24(14-12-23)27-16-6-7-17-27)19-21(3)26-15-8-18-29-25(28)20-31-30-5-2;1-19-17-21(11-15-23(19)14-4-16-26-18-25)6-5-20-7-9-22(10-8-20)24-12-2-3-13-24/h4,9-14,19H,1,5-8,15-18,20H2,2-3H3;5-11,15,17-18H,2-4,12-14,16H2,1H3/q;+1/p+1/b10-9+,22-19+,26-21?;. The van der Waals surface area contributed by atoms with Gasteiger partial charge in [0.05, 0.1) is 13.2 Å². The summed E-state index contributed by atoms with van der Waals surface area (Å²) in [4.78, 5) is 30.0. The van der Waals surface area contributed by atoms with Crippen molar-refractivity contribution in [2.45, 2.75) is 65.8 Å². The zero-order valence-electron chi connectivity index (χ0n) is 34.2. The maximum atomic E-state index is 11.6. The lowest BCUT2D eigenvalue weighted by atomic mass is 10.1. The number of hydrogen-bond donors (Lipinski definition) is 1. The van der Waals surface area contributed by atoms with E-state index in [1.807, 2.05) is 13.0 Å². The molecular weight excluding hydrogens is 749 g/mol. The van der Waals surface area contributed by atoms with Crippen LogP contribution < -0.4 is 19.4 Å². The molecule has 2 aliphatic heterocycles. The molecule has 10 heteroatoms. The molecule has 3 heterocycles. The molecule has 2 aliphatic rings. The van der Waals surface area contributed by atoms with Crippen molar-refractivity contribution in [2.75, 3.05) is 67.2 Å². The van der Waals surface area contributed by atoms with Crippen molar-refractivity contribution in [1.29, 1.82) is 0 Å². The van der Waals surface area contributed by atoms with Crippen molar-refractivity contribution >= 4 is 69.3 Å². The van der Waals surface area contributed by atoms with Crippen LogP contribution in [-0.4, -0.2) is 75.6 Å². The molecule has 0 radical (unpaired) electrons. The first kappa shape index (κ1) is 45.2. The minimum atomic E-state index is -0.140. The number of carbonyl (C=O) groups is 2. The Kier molecular flexibility index (Phi) is 20.9. The van der Waals surface area contributed by atoms with Gasteiger partial charge in [0.15, 0.2) is 24.1 Å². The fourth-order valence-corrected chi connectivity index (χ4v) is 8.02. The number of anilines is 2. The van der Waals surface area contributed by atoms with Crippen molar-refractivity contribution in [2.24, 2.45) is 0 Å². The van der Waals surface area contributed by atoms with Crippen molar-refractivity contribution in [1.82, 2.24) is 0 Å². The van der Waals surface area contributed by atoms with Crippen molar-refractivity contribution in [3.63, 3.8) is 0 Å². The third-order valence-electron chi connectivity index (χ3n) is 9.65. The lowest BCUT2D eigenvalue weighted by Crippen LogP contribution is -2.72. The Hall–Kier alpha value is -4.54. The summed E-state index contributed by atoms with van der Waals surface area (Å²) in [6.45, 7) is 17.8. The Morgan fingerprint density at radius 2 is 1.46 bits per heavy atom. The van der Waals surface area contributed by atoms with Crippen molar-refractivity contribution < 1.29 is 28.6 Å². The molecule has 0 bridgehead atoms. The third kappa shape index (κ3) is 17.2. The Balaban J connectivity index is 0.000000256. The molecule has 3 aromatic rings. The van der Waals surface area contributed by atoms with E-state index in [4.69, 9.17) is 9.47 Å². The zero-order chi connectivity index (χ0) is 40.5. The number of hydrogen-bond acceptors (Lipinski definition) is 8. The first-order valence-electron chi connectivity index (χ1n) is 20.3. The molecule has 0 amide bonds. The number of nitrogens with one attached hydrogen (secondary N) is 1. The molecule has 57 heavy (non-hydrogen) atoms. The highest BCUT2D eigenvalue weighted by Crippen LogP contribution is 2.23. The molecule has 2 fully saturated rings. The molecule has 0 spiro atoms. The lowest BCUT2D eigenvalue weighted by molar-refractivity contribution is -0.703. The summed E-state index contributed by atoms with van der Waals surface area (Å²) in [7, 11) is 3.22. The number of aryl methyl sites for hydroxylation is 2. The number of allylic oxidation sites excluding steroid dienone is 4. The van der Waals surface area contributed by atoms with E-state index in [0.717, 1.165) is 43.0 Å². The first-order valence-corrected chi connectivity index (χ1v) is 22.8. The summed E-state index contributed by atoms with van der Waals surface area (Å²) in [5.74, 6) is 1.27. The molecule has 8 nitrogen and oxygen atoms in total. The normalized spacial score (nSPS) is 14.6. The Morgan fingerprint density at radius 3 is 2.04 bits per heavy atom. The van der Waals surface area contributed by atoms with Gasteiger partial charge in [0.2, 0.25) is 0 Å². The molecular formula is C47H62N4O4S2+2. The Labute approximate surface area is 349 Å². The topological polar surface area (TPSA) is 76.9 Å². The van der Waals surface area contributed by atoms with E-state index >= 15 is 0 Å². The molecule has 0 saturated carbocycles. The number of rotatable bonds is 21. The van der Waals surface area contributed by atoms with Crippen LogP contribution in [0.3, 0.4) is 0 Å². The van der Waals surface area contributed by atoms with Gasteiger partial charge in [0, 0.05) is 88.2 Å². The average molecular weight is 811 g/mol. The molecule has 0 atom stereocenters. The average Bonchev–Trinajstić information content (AvgIpc) is 3.98. The smallest absolute Gasteiger partial charge is 0.316 e. The monoisotopic (exact) mass is 810 g/mol. The quantitative estimate of drug-likeness (QED) is 0.0222. The fourth-order valence-electron chi connectivity index (χ4n) is 6.55. The van der Waals surface area contributed by atoms with Gasteiger partial charge in [-0.15, -0.1) is 0 Å². The highest BCUT2D eigenvalue weighted by atomic mass is 33.1. The van der Waals surface area contributed by atoms with Crippen molar-refractivity contribution in [3.8, 4) is 0 Å². The van der Waals surface area contributed by atoms with Crippen LogP contribution in [-0.2, 0) is 25.6 Å².